The van der Waals surface area contributed by atoms with Crippen LogP contribution in [0.25, 0.3) is 6.08 Å². The quantitative estimate of drug-likeness (QED) is 0.0644. The van der Waals surface area contributed by atoms with Gasteiger partial charge in [0.25, 0.3) is 0 Å². The van der Waals surface area contributed by atoms with Crippen molar-refractivity contribution in [3.8, 4) is 11.5 Å². The maximum atomic E-state index is 12.4. The number of carbonyl (C=O) groups is 2. The van der Waals surface area contributed by atoms with E-state index in [1.165, 1.54) is 11.1 Å². The fourth-order valence-corrected chi connectivity index (χ4v) is 8.64. The molecule has 0 fully saturated rings. The van der Waals surface area contributed by atoms with Gasteiger partial charge in [-0.3, -0.25) is 9.59 Å². The number of rotatable bonds is 13. The lowest BCUT2D eigenvalue weighted by Crippen LogP contribution is -2.20. The molecule has 2 N–H and O–H groups in total. The summed E-state index contributed by atoms with van der Waals surface area (Å²) in [5.41, 5.74) is 9.74. The van der Waals surface area contributed by atoms with Crippen LogP contribution in [0.1, 0.15) is 107 Å². The van der Waals surface area contributed by atoms with Crippen LogP contribution in [0.5, 0.6) is 11.5 Å². The average molecular weight is 1010 g/mol. The van der Waals surface area contributed by atoms with Crippen LogP contribution in [0.2, 0.25) is 0 Å². The largest absolute Gasteiger partial charge is 0.796 e. The van der Waals surface area contributed by atoms with Crippen LogP contribution >= 0.6 is 15.4 Å². The van der Waals surface area contributed by atoms with E-state index in [9.17, 15) is 28.5 Å². The topological polar surface area (TPSA) is 173 Å². The van der Waals surface area contributed by atoms with Crippen molar-refractivity contribution in [3.63, 3.8) is 0 Å². The maximum absolute atomic E-state index is 12.4. The van der Waals surface area contributed by atoms with E-state index in [2.05, 4.69) is 27.4 Å². The van der Waals surface area contributed by atoms with Gasteiger partial charge in [0.15, 0.2) is 17.4 Å². The van der Waals surface area contributed by atoms with Gasteiger partial charge in [0.1, 0.15) is 24.7 Å². The normalized spacial score (nSPS) is 11.3. The Balaban J connectivity index is 0.000000445. The third-order valence-corrected chi connectivity index (χ3v) is 12.3. The van der Waals surface area contributed by atoms with Gasteiger partial charge in [-0.25, -0.2) is 0 Å². The van der Waals surface area contributed by atoms with E-state index in [0.29, 0.717) is 28.5 Å². The Bertz CT molecular complexity index is 2520. The lowest BCUT2D eigenvalue weighted by Gasteiger charge is -2.26. The predicted octanol–water partition coefficient (Wildman–Crippen LogP) is 11.6. The first-order valence-corrected chi connectivity index (χ1v) is 26.4. The Morgan fingerprint density at radius 1 is 0.690 bits per heavy atom. The van der Waals surface area contributed by atoms with Gasteiger partial charge < -0.3 is 34.0 Å². The molecular weight excluding hydrogens is 931 g/mol. The molecular formula is C59H75O10P2-. The molecule has 0 aliphatic rings. The van der Waals surface area contributed by atoms with E-state index >= 15 is 0 Å². The molecule has 0 heterocycles. The van der Waals surface area contributed by atoms with E-state index in [-0.39, 0.29) is 37.2 Å². The number of aldehydes is 1. The Labute approximate surface area is 424 Å². The summed E-state index contributed by atoms with van der Waals surface area (Å²) < 4.78 is 33.0. The van der Waals surface area contributed by atoms with Crippen molar-refractivity contribution in [1.29, 1.82) is 0 Å². The Kier molecular flexibility index (Phi) is 29.3. The van der Waals surface area contributed by atoms with Crippen molar-refractivity contribution in [2.75, 3.05) is 26.4 Å². The van der Waals surface area contributed by atoms with Crippen molar-refractivity contribution in [1.82, 2.24) is 0 Å². The van der Waals surface area contributed by atoms with Gasteiger partial charge in [-0.05, 0) is 135 Å². The zero-order valence-corrected chi connectivity index (χ0v) is 45.5. The molecule has 0 aliphatic carbocycles. The lowest BCUT2D eigenvalue weighted by molar-refractivity contribution is -0.171. The fraction of sp³-hybridized carbons (Fsp3) is 0.322. The van der Waals surface area contributed by atoms with Crippen molar-refractivity contribution in [2.45, 2.75) is 89.2 Å². The number of benzene rings is 6. The number of ketones is 1. The molecule has 6 aromatic rings. The molecule has 0 saturated heterocycles. The highest BCUT2D eigenvalue weighted by Crippen LogP contribution is 2.40. The zero-order chi connectivity index (χ0) is 53.7. The standard InChI is InChI=1S/C16H19O2P.C13H18O3.C10H12O2.C10H12O.C6H5O2P.C4H10/c1-12-9-13(2)16(14(3)10-12)11-19(17,18)15-7-5-4-6-8-15;1-13(2,3)12(15)10-4-6-11(7-5-10)16-9-8-14;1-2-9-3-5-10(6-4-9)12-8-7-11;1-7-4-8(2)10(6-11)9(3)5-7;7-9(8)6-4-2-1-3-5-6;1-4(2)3/h4-10H,11H2,1-3H3,(H,17,18);4-7,14H,8-9H2,1-3H3;2-6,11H,1,7-8H2;4-6H,1-3H3;1-5H;4H,1-3H3/p-1. The van der Waals surface area contributed by atoms with E-state index in [4.69, 9.17) is 19.7 Å². The second-order valence-corrected chi connectivity index (χ2v) is 21.5. The van der Waals surface area contributed by atoms with Gasteiger partial charge in [0, 0.05) is 30.1 Å². The molecule has 0 aliphatic heterocycles. The third-order valence-electron chi connectivity index (χ3n) is 9.81. The van der Waals surface area contributed by atoms with Crippen LogP contribution in [-0.4, -0.2) is 48.7 Å². The second kappa shape index (κ2) is 32.9. The highest BCUT2D eigenvalue weighted by atomic mass is 31.2. The van der Waals surface area contributed by atoms with Gasteiger partial charge in [0.05, 0.1) is 13.2 Å². The number of hydrogen-bond donors (Lipinski definition) is 2. The first-order chi connectivity index (χ1) is 33.4. The molecule has 6 rings (SSSR count). The summed E-state index contributed by atoms with van der Waals surface area (Å²) >= 11 is 0. The van der Waals surface area contributed by atoms with Gasteiger partial charge >= 0.3 is 8.03 Å². The van der Waals surface area contributed by atoms with Crippen molar-refractivity contribution >= 4 is 44.2 Å². The second-order valence-electron chi connectivity index (χ2n) is 18.3. The number of ether oxygens (including phenoxy) is 2. The van der Waals surface area contributed by atoms with Crippen LogP contribution < -0.4 is 29.9 Å². The molecule has 10 nitrogen and oxygen atoms in total. The summed E-state index contributed by atoms with van der Waals surface area (Å²) in [4.78, 5) is 45.1. The number of hydrogen-bond acceptors (Lipinski definition) is 10. The number of aliphatic hydroxyl groups excluding tert-OH is 2. The van der Waals surface area contributed by atoms with Crippen LogP contribution in [0.4, 0.5) is 0 Å². The summed E-state index contributed by atoms with van der Waals surface area (Å²) in [6.45, 7) is 28.4. The van der Waals surface area contributed by atoms with Gasteiger partial charge in [-0.2, -0.15) is 0 Å². The number of aliphatic hydroxyl groups is 2. The minimum Gasteiger partial charge on any atom is -0.796 e. The van der Waals surface area contributed by atoms with Gasteiger partial charge in [0.2, 0.25) is 0 Å². The predicted molar refractivity (Wildman–Crippen MR) is 290 cm³/mol. The van der Waals surface area contributed by atoms with Crippen LogP contribution in [0.3, 0.4) is 0 Å². The molecule has 0 spiro atoms. The van der Waals surface area contributed by atoms with E-state index in [1.807, 2.05) is 117 Å². The van der Waals surface area contributed by atoms with E-state index in [1.54, 1.807) is 84.9 Å². The molecule has 6 aromatic carbocycles. The summed E-state index contributed by atoms with van der Waals surface area (Å²) in [7, 11) is -5.98. The summed E-state index contributed by atoms with van der Waals surface area (Å²) in [5, 5.41) is 17.9. The monoisotopic (exact) mass is 1010 g/mol. The Morgan fingerprint density at radius 2 is 1.08 bits per heavy atom. The third kappa shape index (κ3) is 25.2. The molecule has 71 heavy (non-hydrogen) atoms. The van der Waals surface area contributed by atoms with Crippen molar-refractivity contribution in [2.24, 2.45) is 11.3 Å². The first-order valence-electron chi connectivity index (χ1n) is 23.4. The highest BCUT2D eigenvalue weighted by Gasteiger charge is 2.22. The molecule has 0 amide bonds. The van der Waals surface area contributed by atoms with Gasteiger partial charge in [-0.15, -0.1) is 0 Å². The minimum absolute atomic E-state index is 0.0112. The van der Waals surface area contributed by atoms with Crippen molar-refractivity contribution < 1.29 is 48.2 Å². The molecule has 382 valence electrons. The number of Topliss-reactive ketones (excluding diaryl/α,β-unsaturated/α-hetero) is 1. The Hall–Kier alpha value is -5.83. The first kappa shape index (κ1) is 63.2. The summed E-state index contributed by atoms with van der Waals surface area (Å²) in [6.07, 6.45) is 2.79. The fourth-order valence-electron chi connectivity index (χ4n) is 6.50. The Morgan fingerprint density at radius 3 is 1.44 bits per heavy atom. The minimum atomic E-state index is -3.59. The molecule has 2 atom stereocenters. The van der Waals surface area contributed by atoms with E-state index < -0.39 is 15.4 Å². The average Bonchev–Trinajstić information content (AvgIpc) is 3.32. The molecule has 0 saturated carbocycles. The van der Waals surface area contributed by atoms with Crippen LogP contribution in [0, 0.1) is 52.9 Å². The zero-order valence-electron chi connectivity index (χ0n) is 43.7. The summed E-state index contributed by atoms with van der Waals surface area (Å²) in [5.74, 6) is 2.38. The smallest absolute Gasteiger partial charge is 0.348 e. The van der Waals surface area contributed by atoms with E-state index in [0.717, 1.165) is 56.9 Å². The van der Waals surface area contributed by atoms with Crippen LogP contribution in [-0.2, 0) is 15.3 Å². The lowest BCUT2D eigenvalue weighted by atomic mass is 9.86. The van der Waals surface area contributed by atoms with Gasteiger partial charge in [-0.1, -0.05) is 155 Å². The highest BCUT2D eigenvalue weighted by molar-refractivity contribution is 7.63. The summed E-state index contributed by atoms with van der Waals surface area (Å²) in [6, 6.07) is 39.6. The van der Waals surface area contributed by atoms with Crippen molar-refractivity contribution in [3.05, 3.63) is 196 Å². The molecule has 0 aromatic heterocycles. The van der Waals surface area contributed by atoms with Crippen LogP contribution in [0.15, 0.2) is 140 Å². The maximum Gasteiger partial charge on any atom is 0.348 e. The molecule has 2 unspecified atom stereocenters. The number of aryl methyl sites for hydroxylation is 6. The molecule has 0 radical (unpaired) electrons. The number of carbonyl (C=O) groups excluding carboxylic acids is 2. The molecule has 0 bridgehead atoms. The SMILES string of the molecule is C=Cc1ccc(OCCO)cc1.CC(C)(C)C(=O)c1ccc(OCCO)cc1.CC(C)C.Cc1cc(C)c(C=O)c(C)c1.Cc1cc(C)c(CP(=O)([O-])c2ccccc2)c(C)c1.O=[P+]([O-])c1ccccc1. The molecule has 12 heteroatoms.